The fraction of sp³-hybridized carbons (Fsp3) is 0.478. The smallest absolute Gasteiger partial charge is 0.0574 e. The summed E-state index contributed by atoms with van der Waals surface area (Å²) in [6.07, 6.45) is 9.81. The van der Waals surface area contributed by atoms with Gasteiger partial charge in [-0.3, -0.25) is 0 Å². The molecule has 3 rings (SSSR count). The highest BCUT2D eigenvalue weighted by Gasteiger charge is 2.15. The Balaban J connectivity index is 1.75. The van der Waals surface area contributed by atoms with E-state index in [0.29, 0.717) is 0 Å². The van der Waals surface area contributed by atoms with Crippen molar-refractivity contribution in [3.8, 4) is 0 Å². The molecule has 1 fully saturated rings. The van der Waals surface area contributed by atoms with E-state index in [9.17, 15) is 0 Å². The van der Waals surface area contributed by atoms with Gasteiger partial charge in [0.1, 0.15) is 0 Å². The van der Waals surface area contributed by atoms with E-state index in [0.717, 1.165) is 5.92 Å². The zero-order valence-corrected chi connectivity index (χ0v) is 15.2. The molecule has 0 saturated heterocycles. The van der Waals surface area contributed by atoms with E-state index < -0.39 is 0 Å². The highest BCUT2D eigenvalue weighted by molar-refractivity contribution is 5.35. The zero-order valence-electron chi connectivity index (χ0n) is 15.2. The van der Waals surface area contributed by atoms with Crippen molar-refractivity contribution >= 4 is 0 Å². The molecule has 0 heterocycles. The molecule has 2 aromatic rings. The second-order valence-corrected chi connectivity index (χ2v) is 7.34. The summed E-state index contributed by atoms with van der Waals surface area (Å²) in [5.74, 6) is 0.770. The van der Waals surface area contributed by atoms with Gasteiger partial charge < -0.3 is 5.32 Å². The third-order valence-electron chi connectivity index (χ3n) is 5.55. The lowest BCUT2D eigenvalue weighted by Crippen LogP contribution is -2.17. The number of nitrogens with one attached hydrogen (secondary N) is 1. The maximum Gasteiger partial charge on any atom is 0.0574 e. The number of aryl methyl sites for hydroxylation is 1. The molecule has 1 nitrogen and oxygen atoms in total. The Morgan fingerprint density at radius 2 is 1.25 bits per heavy atom. The molecule has 24 heavy (non-hydrogen) atoms. The van der Waals surface area contributed by atoms with Gasteiger partial charge in [0.25, 0.3) is 0 Å². The molecule has 1 heteroatoms. The second-order valence-electron chi connectivity index (χ2n) is 7.34. The van der Waals surface area contributed by atoms with Gasteiger partial charge in [0.15, 0.2) is 0 Å². The molecule has 2 aromatic carbocycles. The third kappa shape index (κ3) is 4.27. The van der Waals surface area contributed by atoms with Crippen LogP contribution in [0.3, 0.4) is 0 Å². The summed E-state index contributed by atoms with van der Waals surface area (Å²) in [7, 11) is 2.05. The molecular formula is C23H31N. The lowest BCUT2D eigenvalue weighted by Gasteiger charge is -2.22. The molecule has 0 amide bonds. The molecule has 0 aromatic heterocycles. The highest BCUT2D eigenvalue weighted by Crippen LogP contribution is 2.32. The van der Waals surface area contributed by atoms with Crippen molar-refractivity contribution in [2.75, 3.05) is 7.05 Å². The number of rotatable bonds is 4. The summed E-state index contributed by atoms with van der Waals surface area (Å²) < 4.78 is 0. The SMILES string of the molecule is CNC(c1ccc(C)cc1)c1ccc(C2CCCCCCC2)cc1. The predicted molar refractivity (Wildman–Crippen MR) is 104 cm³/mol. The molecule has 1 unspecified atom stereocenters. The van der Waals surface area contributed by atoms with E-state index in [1.807, 2.05) is 7.05 Å². The van der Waals surface area contributed by atoms with Crippen molar-refractivity contribution < 1.29 is 0 Å². The van der Waals surface area contributed by atoms with Gasteiger partial charge in [0.05, 0.1) is 6.04 Å². The maximum absolute atomic E-state index is 3.47. The van der Waals surface area contributed by atoms with Crippen molar-refractivity contribution in [2.24, 2.45) is 0 Å². The second kappa shape index (κ2) is 8.48. The van der Waals surface area contributed by atoms with Crippen LogP contribution in [0.1, 0.15) is 79.2 Å². The largest absolute Gasteiger partial charge is 0.309 e. The van der Waals surface area contributed by atoms with Crippen LogP contribution in [0.15, 0.2) is 48.5 Å². The van der Waals surface area contributed by atoms with Gasteiger partial charge in [-0.05, 0) is 49.4 Å². The molecule has 1 aliphatic rings. The van der Waals surface area contributed by atoms with Gasteiger partial charge in [0, 0.05) is 0 Å². The predicted octanol–water partition coefficient (Wildman–Crippen LogP) is 6.13. The van der Waals surface area contributed by atoms with Crippen LogP contribution < -0.4 is 5.32 Å². The van der Waals surface area contributed by atoms with Gasteiger partial charge >= 0.3 is 0 Å². The summed E-state index contributed by atoms with van der Waals surface area (Å²) in [6, 6.07) is 18.5. The summed E-state index contributed by atoms with van der Waals surface area (Å²) in [5.41, 5.74) is 5.55. The lowest BCUT2D eigenvalue weighted by molar-refractivity contribution is 0.455. The minimum Gasteiger partial charge on any atom is -0.309 e. The van der Waals surface area contributed by atoms with Gasteiger partial charge in [-0.25, -0.2) is 0 Å². The standard InChI is InChI=1S/C23H31N/c1-18-10-12-21(13-11-18)23(24-2)22-16-14-20(15-17-22)19-8-6-4-3-5-7-9-19/h10-17,19,23-24H,3-9H2,1-2H3. The molecule has 0 radical (unpaired) electrons. The molecule has 0 spiro atoms. The summed E-state index contributed by atoms with van der Waals surface area (Å²) in [4.78, 5) is 0. The van der Waals surface area contributed by atoms with Gasteiger partial charge in [-0.15, -0.1) is 0 Å². The van der Waals surface area contributed by atoms with E-state index in [4.69, 9.17) is 0 Å². The average Bonchev–Trinajstić information content (AvgIpc) is 2.58. The molecule has 0 aliphatic heterocycles. The lowest BCUT2D eigenvalue weighted by atomic mass is 9.85. The first kappa shape index (κ1) is 17.2. The number of benzene rings is 2. The van der Waals surface area contributed by atoms with Crippen LogP contribution in [-0.2, 0) is 0 Å². The molecule has 1 saturated carbocycles. The van der Waals surface area contributed by atoms with Crippen LogP contribution in [-0.4, -0.2) is 7.05 Å². The molecule has 1 N–H and O–H groups in total. The van der Waals surface area contributed by atoms with Crippen LogP contribution >= 0.6 is 0 Å². The number of hydrogen-bond acceptors (Lipinski definition) is 1. The molecular weight excluding hydrogens is 290 g/mol. The first-order valence-electron chi connectivity index (χ1n) is 9.61. The third-order valence-corrected chi connectivity index (χ3v) is 5.55. The monoisotopic (exact) mass is 321 g/mol. The summed E-state index contributed by atoms with van der Waals surface area (Å²) >= 11 is 0. The van der Waals surface area contributed by atoms with Crippen molar-refractivity contribution in [3.63, 3.8) is 0 Å². The molecule has 1 aliphatic carbocycles. The Labute approximate surface area is 147 Å². The highest BCUT2D eigenvalue weighted by atomic mass is 14.9. The molecule has 128 valence electrons. The van der Waals surface area contributed by atoms with Crippen molar-refractivity contribution in [3.05, 3.63) is 70.8 Å². The van der Waals surface area contributed by atoms with E-state index in [1.54, 1.807) is 5.56 Å². The quantitative estimate of drug-likeness (QED) is 0.714. The molecule has 1 atom stereocenters. The number of hydrogen-bond donors (Lipinski definition) is 1. The Hall–Kier alpha value is -1.60. The Kier molecular flexibility index (Phi) is 6.09. The van der Waals surface area contributed by atoms with Crippen LogP contribution in [0.4, 0.5) is 0 Å². The van der Waals surface area contributed by atoms with E-state index in [-0.39, 0.29) is 6.04 Å². The Bertz CT molecular complexity index is 603. The van der Waals surface area contributed by atoms with Crippen LogP contribution in [0.2, 0.25) is 0 Å². The van der Waals surface area contributed by atoms with E-state index in [1.165, 1.54) is 61.6 Å². The average molecular weight is 322 g/mol. The van der Waals surface area contributed by atoms with Crippen LogP contribution in [0.25, 0.3) is 0 Å². The van der Waals surface area contributed by atoms with Crippen molar-refractivity contribution in [1.82, 2.24) is 5.32 Å². The van der Waals surface area contributed by atoms with Crippen LogP contribution in [0.5, 0.6) is 0 Å². The van der Waals surface area contributed by atoms with Gasteiger partial charge in [-0.1, -0.05) is 86.2 Å². The van der Waals surface area contributed by atoms with Crippen molar-refractivity contribution in [2.45, 2.75) is 63.8 Å². The summed E-state index contributed by atoms with van der Waals surface area (Å²) in [6.45, 7) is 2.14. The van der Waals surface area contributed by atoms with E-state index >= 15 is 0 Å². The van der Waals surface area contributed by atoms with Crippen LogP contribution in [0, 0.1) is 6.92 Å². The molecule has 0 bridgehead atoms. The van der Waals surface area contributed by atoms with Crippen molar-refractivity contribution in [1.29, 1.82) is 0 Å². The Morgan fingerprint density at radius 1 is 0.750 bits per heavy atom. The fourth-order valence-corrected chi connectivity index (χ4v) is 4.03. The minimum atomic E-state index is 0.275. The van der Waals surface area contributed by atoms with E-state index in [2.05, 4.69) is 60.8 Å². The topological polar surface area (TPSA) is 12.0 Å². The fourth-order valence-electron chi connectivity index (χ4n) is 4.03. The van der Waals surface area contributed by atoms with Gasteiger partial charge in [0.2, 0.25) is 0 Å². The zero-order chi connectivity index (χ0) is 16.8. The normalized spacial score (nSPS) is 17.9. The Morgan fingerprint density at radius 3 is 1.79 bits per heavy atom. The minimum absolute atomic E-state index is 0.275. The first-order chi connectivity index (χ1) is 11.8. The first-order valence-corrected chi connectivity index (χ1v) is 9.61. The van der Waals surface area contributed by atoms with Gasteiger partial charge in [-0.2, -0.15) is 0 Å². The summed E-state index contributed by atoms with van der Waals surface area (Å²) in [5, 5.41) is 3.47. The maximum atomic E-state index is 3.47.